The highest BCUT2D eigenvalue weighted by Gasteiger charge is 2.33. The second-order valence-electron chi connectivity index (χ2n) is 4.99. The maximum atomic E-state index is 5.89. The summed E-state index contributed by atoms with van der Waals surface area (Å²) in [5.74, 6) is 1.37. The minimum Gasteiger partial charge on any atom is -0.368 e. The van der Waals surface area contributed by atoms with Gasteiger partial charge in [-0.15, -0.1) is 11.6 Å². The zero-order valence-corrected chi connectivity index (χ0v) is 11.0. The van der Waals surface area contributed by atoms with Gasteiger partial charge in [-0.25, -0.2) is 9.97 Å². The molecule has 0 amide bonds. The molecule has 0 aliphatic carbocycles. The van der Waals surface area contributed by atoms with E-state index in [1.54, 1.807) is 12.4 Å². The lowest BCUT2D eigenvalue weighted by molar-refractivity contribution is -0.129. The molecule has 1 saturated heterocycles. The third kappa shape index (κ3) is 3.63. The van der Waals surface area contributed by atoms with Crippen molar-refractivity contribution in [1.29, 1.82) is 0 Å². The summed E-state index contributed by atoms with van der Waals surface area (Å²) in [4.78, 5) is 10.8. The van der Waals surface area contributed by atoms with Crippen LogP contribution in [0.15, 0.2) is 18.5 Å². The maximum Gasteiger partial charge on any atom is 0.142 e. The van der Waals surface area contributed by atoms with Crippen molar-refractivity contribution in [3.05, 3.63) is 24.3 Å². The minimum absolute atomic E-state index is 0.0872. The van der Waals surface area contributed by atoms with Crippen molar-refractivity contribution in [2.45, 2.75) is 32.1 Å². The van der Waals surface area contributed by atoms with E-state index >= 15 is 0 Å². The number of alkyl halides is 1. The molecule has 0 N–H and O–H groups in total. The molecular weight excluding hydrogens is 238 g/mol. The minimum atomic E-state index is -0.160. The quantitative estimate of drug-likeness (QED) is 0.771. The number of rotatable bonds is 3. The van der Waals surface area contributed by atoms with Crippen LogP contribution >= 0.6 is 11.6 Å². The first-order valence-electron chi connectivity index (χ1n) is 5.81. The van der Waals surface area contributed by atoms with Crippen LogP contribution in [0.1, 0.15) is 19.7 Å². The Morgan fingerprint density at radius 2 is 2.18 bits per heavy atom. The lowest BCUT2D eigenvalue weighted by Gasteiger charge is -2.42. The molecular formula is C12H18ClN3O. The molecule has 17 heavy (non-hydrogen) atoms. The Balaban J connectivity index is 2.01. The van der Waals surface area contributed by atoms with Crippen LogP contribution in [0.3, 0.4) is 0 Å². The van der Waals surface area contributed by atoms with Crippen LogP contribution in [-0.4, -0.2) is 45.5 Å². The normalized spacial score (nSPS) is 24.8. The molecule has 1 fully saturated rings. The Hall–Kier alpha value is -0.710. The van der Waals surface area contributed by atoms with Gasteiger partial charge in [0.05, 0.1) is 18.2 Å². The van der Waals surface area contributed by atoms with E-state index in [1.165, 1.54) is 0 Å². The summed E-state index contributed by atoms with van der Waals surface area (Å²) in [5.41, 5.74) is -0.160. The van der Waals surface area contributed by atoms with Gasteiger partial charge >= 0.3 is 0 Å². The number of aromatic nitrogens is 2. The second-order valence-corrected chi connectivity index (χ2v) is 5.30. The third-order valence-corrected chi connectivity index (χ3v) is 3.05. The van der Waals surface area contributed by atoms with E-state index in [1.807, 2.05) is 6.07 Å². The lowest BCUT2D eigenvalue weighted by atomic mass is 10.1. The van der Waals surface area contributed by atoms with Gasteiger partial charge in [0.25, 0.3) is 0 Å². The first-order valence-corrected chi connectivity index (χ1v) is 6.34. The lowest BCUT2D eigenvalue weighted by Crippen LogP contribution is -2.53. The summed E-state index contributed by atoms with van der Waals surface area (Å²) < 4.78 is 5.88. The topological polar surface area (TPSA) is 38.2 Å². The Morgan fingerprint density at radius 3 is 2.82 bits per heavy atom. The number of halogens is 1. The van der Waals surface area contributed by atoms with Crippen molar-refractivity contribution in [1.82, 2.24) is 14.9 Å². The molecule has 1 atom stereocenters. The van der Waals surface area contributed by atoms with E-state index < -0.39 is 0 Å². The molecule has 0 bridgehead atoms. The smallest absolute Gasteiger partial charge is 0.142 e. The van der Waals surface area contributed by atoms with E-state index in [9.17, 15) is 0 Å². The summed E-state index contributed by atoms with van der Waals surface area (Å²) >= 11 is 5.89. The van der Waals surface area contributed by atoms with E-state index in [2.05, 4.69) is 28.7 Å². The zero-order valence-electron chi connectivity index (χ0n) is 10.3. The average molecular weight is 256 g/mol. The van der Waals surface area contributed by atoms with E-state index in [0.29, 0.717) is 5.88 Å². The molecule has 1 aliphatic rings. The van der Waals surface area contributed by atoms with Gasteiger partial charge in [0.15, 0.2) is 0 Å². The van der Waals surface area contributed by atoms with E-state index in [4.69, 9.17) is 16.3 Å². The predicted octanol–water partition coefficient (Wildman–Crippen LogP) is 1.69. The van der Waals surface area contributed by atoms with Gasteiger partial charge in [-0.2, -0.15) is 0 Å². The maximum absolute atomic E-state index is 5.89. The van der Waals surface area contributed by atoms with Gasteiger partial charge in [0.2, 0.25) is 0 Å². The summed E-state index contributed by atoms with van der Waals surface area (Å²) in [6, 6.07) is 1.83. The fourth-order valence-electron chi connectivity index (χ4n) is 2.23. The van der Waals surface area contributed by atoms with Gasteiger partial charge < -0.3 is 4.74 Å². The van der Waals surface area contributed by atoms with Crippen LogP contribution < -0.4 is 0 Å². The van der Waals surface area contributed by atoms with Gasteiger partial charge in [-0.1, -0.05) is 0 Å². The van der Waals surface area contributed by atoms with Gasteiger partial charge in [-0.05, 0) is 19.9 Å². The number of hydrogen-bond acceptors (Lipinski definition) is 4. The van der Waals surface area contributed by atoms with Gasteiger partial charge in [-0.3, -0.25) is 4.90 Å². The van der Waals surface area contributed by atoms with Crippen LogP contribution in [0.2, 0.25) is 0 Å². The van der Waals surface area contributed by atoms with Crippen LogP contribution in [0.4, 0.5) is 0 Å². The molecule has 1 unspecified atom stereocenters. The Morgan fingerprint density at radius 1 is 1.47 bits per heavy atom. The summed E-state index contributed by atoms with van der Waals surface area (Å²) in [6.45, 7) is 6.64. The van der Waals surface area contributed by atoms with Crippen LogP contribution in [0.25, 0.3) is 0 Å². The molecule has 0 aromatic carbocycles. The van der Waals surface area contributed by atoms with Crippen molar-refractivity contribution in [3.8, 4) is 0 Å². The van der Waals surface area contributed by atoms with Crippen molar-refractivity contribution >= 4 is 11.6 Å². The van der Waals surface area contributed by atoms with Gasteiger partial charge in [0.1, 0.15) is 5.82 Å². The molecule has 4 nitrogen and oxygen atoms in total. The van der Waals surface area contributed by atoms with Crippen LogP contribution in [0.5, 0.6) is 0 Å². The van der Waals surface area contributed by atoms with E-state index in [-0.39, 0.29) is 11.7 Å². The Labute approximate surface area is 107 Å². The molecule has 2 rings (SSSR count). The van der Waals surface area contributed by atoms with Crippen molar-refractivity contribution < 1.29 is 4.74 Å². The number of ether oxygens (including phenoxy) is 1. The highest BCUT2D eigenvalue weighted by Crippen LogP contribution is 2.22. The third-order valence-electron chi connectivity index (χ3n) is 2.71. The first kappa shape index (κ1) is 12.7. The number of nitrogens with zero attached hydrogens (tertiary/aromatic N) is 3. The molecule has 5 heteroatoms. The van der Waals surface area contributed by atoms with Crippen molar-refractivity contribution in [2.75, 3.05) is 19.0 Å². The Bertz CT molecular complexity index is 358. The molecule has 1 aliphatic heterocycles. The molecule has 94 valence electrons. The summed E-state index contributed by atoms with van der Waals surface area (Å²) in [7, 11) is 0. The summed E-state index contributed by atoms with van der Waals surface area (Å²) in [5, 5.41) is 0. The number of morpholine rings is 1. The molecule has 0 saturated carbocycles. The van der Waals surface area contributed by atoms with Crippen LogP contribution in [-0.2, 0) is 11.3 Å². The highest BCUT2D eigenvalue weighted by molar-refractivity contribution is 6.18. The molecule has 1 aromatic heterocycles. The van der Waals surface area contributed by atoms with Crippen molar-refractivity contribution in [2.24, 2.45) is 0 Å². The fraction of sp³-hybridized carbons (Fsp3) is 0.667. The molecule has 0 radical (unpaired) electrons. The fourth-order valence-corrected chi connectivity index (χ4v) is 2.39. The average Bonchev–Trinajstić information content (AvgIpc) is 2.28. The van der Waals surface area contributed by atoms with E-state index in [0.717, 1.165) is 25.5 Å². The monoisotopic (exact) mass is 255 g/mol. The summed E-state index contributed by atoms with van der Waals surface area (Å²) in [6.07, 6.45) is 3.63. The standard InChI is InChI=1S/C12H18ClN3O/c1-12(2)9-16(7-10(6-13)17-12)8-11-14-4-3-5-15-11/h3-5,10H,6-9H2,1-2H3. The molecule has 1 aromatic rings. The Kier molecular flexibility index (Phi) is 3.97. The zero-order chi connectivity index (χ0) is 12.3. The SMILES string of the molecule is CC1(C)CN(Cc2ncccn2)CC(CCl)O1. The molecule has 0 spiro atoms. The largest absolute Gasteiger partial charge is 0.368 e. The number of hydrogen-bond donors (Lipinski definition) is 0. The predicted molar refractivity (Wildman–Crippen MR) is 67.0 cm³/mol. The van der Waals surface area contributed by atoms with Crippen molar-refractivity contribution in [3.63, 3.8) is 0 Å². The van der Waals surface area contributed by atoms with Gasteiger partial charge in [0, 0.05) is 31.4 Å². The van der Waals surface area contributed by atoms with Crippen LogP contribution in [0, 0.1) is 0 Å². The second kappa shape index (κ2) is 5.29. The molecule has 2 heterocycles. The first-order chi connectivity index (χ1) is 8.09. The highest BCUT2D eigenvalue weighted by atomic mass is 35.5.